The summed E-state index contributed by atoms with van der Waals surface area (Å²) in [5.74, 6) is 0. The van der Waals surface area contributed by atoms with Crippen LogP contribution in [0.4, 0.5) is 0 Å². The topological polar surface area (TPSA) is 9.23 Å². The Bertz CT molecular complexity index is 119. The number of hydrogen-bond donors (Lipinski definition) is 0. The van der Waals surface area contributed by atoms with E-state index < -0.39 is 0 Å². The summed E-state index contributed by atoms with van der Waals surface area (Å²) in [7, 11) is 0. The van der Waals surface area contributed by atoms with E-state index in [4.69, 9.17) is 4.74 Å². The molecule has 1 atom stereocenters. The SMILES string of the molecule is C[C@@H](OC1CCC1)C(C)(C)C. The molecule has 1 rings (SSSR count). The highest BCUT2D eigenvalue weighted by atomic mass is 16.5. The van der Waals surface area contributed by atoms with Crippen LogP contribution in [-0.4, -0.2) is 12.2 Å². The van der Waals surface area contributed by atoms with Crippen molar-refractivity contribution in [2.24, 2.45) is 5.41 Å². The Morgan fingerprint density at radius 3 is 2.09 bits per heavy atom. The summed E-state index contributed by atoms with van der Waals surface area (Å²) < 4.78 is 5.85. The molecule has 66 valence electrons. The first-order valence-corrected chi connectivity index (χ1v) is 4.65. The molecule has 0 saturated heterocycles. The van der Waals surface area contributed by atoms with Crippen LogP contribution in [0.1, 0.15) is 47.0 Å². The van der Waals surface area contributed by atoms with Crippen molar-refractivity contribution < 1.29 is 4.74 Å². The van der Waals surface area contributed by atoms with Crippen LogP contribution in [0.15, 0.2) is 0 Å². The zero-order chi connectivity index (χ0) is 8.48. The van der Waals surface area contributed by atoms with Crippen LogP contribution in [0.3, 0.4) is 0 Å². The molecule has 1 heteroatoms. The average molecular weight is 156 g/mol. The van der Waals surface area contributed by atoms with Gasteiger partial charge in [0.05, 0.1) is 12.2 Å². The molecule has 1 aliphatic carbocycles. The van der Waals surface area contributed by atoms with Gasteiger partial charge in [-0.3, -0.25) is 0 Å². The van der Waals surface area contributed by atoms with Crippen LogP contribution >= 0.6 is 0 Å². The first-order valence-electron chi connectivity index (χ1n) is 4.65. The van der Waals surface area contributed by atoms with E-state index in [2.05, 4.69) is 27.7 Å². The molecular weight excluding hydrogens is 136 g/mol. The van der Waals surface area contributed by atoms with E-state index in [-0.39, 0.29) is 0 Å². The maximum Gasteiger partial charge on any atom is 0.0599 e. The summed E-state index contributed by atoms with van der Waals surface area (Å²) in [6.45, 7) is 8.88. The number of hydrogen-bond acceptors (Lipinski definition) is 1. The Labute approximate surface area is 70.1 Å². The molecule has 1 saturated carbocycles. The monoisotopic (exact) mass is 156 g/mol. The third kappa shape index (κ3) is 2.48. The van der Waals surface area contributed by atoms with Crippen LogP contribution in [0.2, 0.25) is 0 Å². The molecule has 0 aromatic carbocycles. The van der Waals surface area contributed by atoms with E-state index in [1.165, 1.54) is 19.3 Å². The van der Waals surface area contributed by atoms with Crippen molar-refractivity contribution in [1.29, 1.82) is 0 Å². The molecule has 0 aliphatic heterocycles. The minimum Gasteiger partial charge on any atom is -0.375 e. The minimum atomic E-state index is 0.301. The molecule has 0 aromatic heterocycles. The first-order chi connectivity index (χ1) is 5.00. The van der Waals surface area contributed by atoms with Crippen LogP contribution in [-0.2, 0) is 4.74 Å². The lowest BCUT2D eigenvalue weighted by molar-refractivity contribution is -0.0856. The molecule has 0 spiro atoms. The van der Waals surface area contributed by atoms with Gasteiger partial charge in [0.15, 0.2) is 0 Å². The fourth-order valence-corrected chi connectivity index (χ4v) is 1.000. The van der Waals surface area contributed by atoms with Gasteiger partial charge in [-0.1, -0.05) is 20.8 Å². The lowest BCUT2D eigenvalue weighted by Gasteiger charge is -2.35. The zero-order valence-electron chi connectivity index (χ0n) is 8.18. The molecular formula is C10H20O. The van der Waals surface area contributed by atoms with Crippen LogP contribution in [0, 0.1) is 5.41 Å². The first kappa shape index (κ1) is 9.05. The summed E-state index contributed by atoms with van der Waals surface area (Å²) in [5.41, 5.74) is 0.301. The summed E-state index contributed by atoms with van der Waals surface area (Å²) in [4.78, 5) is 0. The highest BCUT2D eigenvalue weighted by Crippen LogP contribution is 2.29. The number of rotatable bonds is 2. The van der Waals surface area contributed by atoms with Gasteiger partial charge in [-0.05, 0) is 31.6 Å². The van der Waals surface area contributed by atoms with Gasteiger partial charge < -0.3 is 4.74 Å². The normalized spacial score (nSPS) is 22.9. The highest BCUT2D eigenvalue weighted by Gasteiger charge is 2.26. The second kappa shape index (κ2) is 3.14. The van der Waals surface area contributed by atoms with Crippen LogP contribution in [0.25, 0.3) is 0 Å². The van der Waals surface area contributed by atoms with Gasteiger partial charge >= 0.3 is 0 Å². The Hall–Kier alpha value is -0.0400. The van der Waals surface area contributed by atoms with E-state index in [9.17, 15) is 0 Å². The minimum absolute atomic E-state index is 0.301. The third-order valence-electron chi connectivity index (χ3n) is 2.67. The van der Waals surface area contributed by atoms with Crippen molar-refractivity contribution in [3.8, 4) is 0 Å². The molecule has 0 radical (unpaired) electrons. The Kier molecular flexibility index (Phi) is 2.58. The van der Waals surface area contributed by atoms with Crippen molar-refractivity contribution >= 4 is 0 Å². The van der Waals surface area contributed by atoms with E-state index in [1.54, 1.807) is 0 Å². The van der Waals surface area contributed by atoms with Crippen LogP contribution in [0.5, 0.6) is 0 Å². The number of ether oxygens (including phenoxy) is 1. The van der Waals surface area contributed by atoms with Crippen LogP contribution < -0.4 is 0 Å². The van der Waals surface area contributed by atoms with E-state index in [1.807, 2.05) is 0 Å². The third-order valence-corrected chi connectivity index (χ3v) is 2.67. The summed E-state index contributed by atoms with van der Waals surface area (Å²) in [5, 5.41) is 0. The van der Waals surface area contributed by atoms with E-state index in [0.717, 1.165) is 0 Å². The molecule has 1 fully saturated rings. The highest BCUT2D eigenvalue weighted by molar-refractivity contribution is 4.76. The van der Waals surface area contributed by atoms with Gasteiger partial charge in [0.25, 0.3) is 0 Å². The maximum atomic E-state index is 5.85. The van der Waals surface area contributed by atoms with Gasteiger partial charge in [-0.15, -0.1) is 0 Å². The summed E-state index contributed by atoms with van der Waals surface area (Å²) >= 11 is 0. The summed E-state index contributed by atoms with van der Waals surface area (Å²) in [6.07, 6.45) is 4.89. The lowest BCUT2D eigenvalue weighted by Crippen LogP contribution is -2.33. The van der Waals surface area contributed by atoms with Crippen molar-refractivity contribution in [3.05, 3.63) is 0 Å². The quantitative estimate of drug-likeness (QED) is 0.597. The molecule has 1 aliphatic rings. The molecule has 0 aromatic rings. The molecule has 0 heterocycles. The molecule has 0 bridgehead atoms. The fraction of sp³-hybridized carbons (Fsp3) is 1.00. The van der Waals surface area contributed by atoms with Crippen molar-refractivity contribution in [2.45, 2.75) is 59.2 Å². The predicted octanol–water partition coefficient (Wildman–Crippen LogP) is 2.99. The van der Waals surface area contributed by atoms with Crippen molar-refractivity contribution in [1.82, 2.24) is 0 Å². The molecule has 0 amide bonds. The van der Waals surface area contributed by atoms with Gasteiger partial charge in [0.1, 0.15) is 0 Å². The van der Waals surface area contributed by atoms with E-state index >= 15 is 0 Å². The standard InChI is InChI=1S/C10H20O/c1-8(10(2,3)4)11-9-6-5-7-9/h8-9H,5-7H2,1-4H3/t8-/m1/s1. The predicted molar refractivity (Wildman–Crippen MR) is 47.6 cm³/mol. The Morgan fingerprint density at radius 2 is 1.82 bits per heavy atom. The van der Waals surface area contributed by atoms with Crippen molar-refractivity contribution in [2.75, 3.05) is 0 Å². The van der Waals surface area contributed by atoms with Crippen molar-refractivity contribution in [3.63, 3.8) is 0 Å². The summed E-state index contributed by atoms with van der Waals surface area (Å²) in [6, 6.07) is 0. The van der Waals surface area contributed by atoms with Gasteiger partial charge in [0.2, 0.25) is 0 Å². The van der Waals surface area contributed by atoms with Gasteiger partial charge in [0, 0.05) is 0 Å². The smallest absolute Gasteiger partial charge is 0.0599 e. The molecule has 1 nitrogen and oxygen atoms in total. The Morgan fingerprint density at radius 1 is 1.27 bits per heavy atom. The van der Waals surface area contributed by atoms with Gasteiger partial charge in [-0.25, -0.2) is 0 Å². The molecule has 11 heavy (non-hydrogen) atoms. The fourth-order valence-electron chi connectivity index (χ4n) is 1.000. The van der Waals surface area contributed by atoms with Gasteiger partial charge in [-0.2, -0.15) is 0 Å². The average Bonchev–Trinajstić information content (AvgIpc) is 1.75. The lowest BCUT2D eigenvalue weighted by atomic mass is 9.89. The van der Waals surface area contributed by atoms with E-state index in [0.29, 0.717) is 17.6 Å². The maximum absolute atomic E-state index is 5.85. The second-order valence-corrected chi connectivity index (χ2v) is 4.70. The molecule has 0 unspecified atom stereocenters. The Balaban J connectivity index is 2.24. The molecule has 0 N–H and O–H groups in total. The largest absolute Gasteiger partial charge is 0.375 e. The second-order valence-electron chi connectivity index (χ2n) is 4.70. The zero-order valence-corrected chi connectivity index (χ0v) is 8.18.